The van der Waals surface area contributed by atoms with Gasteiger partial charge in [0.15, 0.2) is 0 Å². The van der Waals surface area contributed by atoms with Gasteiger partial charge in [0, 0.05) is 12.5 Å². The Bertz CT molecular complexity index is 294. The maximum absolute atomic E-state index is 5.58. The molecule has 1 saturated heterocycles. The van der Waals surface area contributed by atoms with E-state index >= 15 is 0 Å². The molecule has 0 saturated carbocycles. The van der Waals surface area contributed by atoms with Gasteiger partial charge in [-0.05, 0) is 18.6 Å². The molecular weight excluding hydrogens is 196 g/mol. The van der Waals surface area contributed by atoms with Gasteiger partial charge in [-0.3, -0.25) is 0 Å². The van der Waals surface area contributed by atoms with Crippen molar-refractivity contribution in [3.8, 4) is 0 Å². The predicted octanol–water partition coefficient (Wildman–Crippen LogP) is 2.30. The molecule has 0 amide bonds. The Morgan fingerprint density at radius 2 is 2.64 bits per heavy atom. The van der Waals surface area contributed by atoms with Gasteiger partial charge in [0.1, 0.15) is 6.26 Å². The largest absolute Gasteiger partial charge is 0.447 e. The van der Waals surface area contributed by atoms with Crippen LogP contribution in [0.5, 0.6) is 0 Å². The van der Waals surface area contributed by atoms with Crippen molar-refractivity contribution in [3.63, 3.8) is 0 Å². The van der Waals surface area contributed by atoms with Crippen molar-refractivity contribution >= 4 is 11.8 Å². The lowest BCUT2D eigenvalue weighted by atomic mass is 10.1. The van der Waals surface area contributed by atoms with E-state index in [1.807, 2.05) is 11.8 Å². The highest BCUT2D eigenvalue weighted by atomic mass is 32.2. The average molecular weight is 212 g/mol. The number of hydrogen-bond acceptors (Lipinski definition) is 4. The summed E-state index contributed by atoms with van der Waals surface area (Å²) in [4.78, 5) is 4.50. The van der Waals surface area contributed by atoms with Gasteiger partial charge in [0.05, 0.1) is 10.9 Å². The molecule has 2 rings (SSSR count). The van der Waals surface area contributed by atoms with Gasteiger partial charge >= 0.3 is 0 Å². The van der Waals surface area contributed by atoms with Crippen LogP contribution < -0.4 is 5.73 Å². The smallest absolute Gasteiger partial charge is 0.207 e. The maximum atomic E-state index is 5.58. The van der Waals surface area contributed by atoms with Crippen molar-refractivity contribution in [2.45, 2.75) is 30.9 Å². The molecule has 1 aliphatic rings. The van der Waals surface area contributed by atoms with E-state index in [1.54, 1.807) is 6.26 Å². The van der Waals surface area contributed by atoms with Gasteiger partial charge in [-0.1, -0.05) is 6.92 Å². The first-order valence-corrected chi connectivity index (χ1v) is 6.13. The number of nitrogens with two attached hydrogens (primary N) is 1. The van der Waals surface area contributed by atoms with E-state index in [1.165, 1.54) is 18.6 Å². The summed E-state index contributed by atoms with van der Waals surface area (Å²) in [5, 5.41) is 0.480. The molecule has 1 aromatic rings. The molecule has 2 heterocycles. The third-order valence-corrected chi connectivity index (χ3v) is 3.97. The van der Waals surface area contributed by atoms with E-state index < -0.39 is 0 Å². The number of aromatic nitrogens is 1. The topological polar surface area (TPSA) is 52.0 Å². The van der Waals surface area contributed by atoms with Crippen LogP contribution in [0.15, 0.2) is 10.7 Å². The fourth-order valence-electron chi connectivity index (χ4n) is 1.57. The normalized spacial score (nSPS) is 24.0. The number of nitrogens with zero attached hydrogens (tertiary/aromatic N) is 1. The molecule has 0 aromatic carbocycles. The lowest BCUT2D eigenvalue weighted by Crippen LogP contribution is -2.09. The highest BCUT2D eigenvalue weighted by Crippen LogP contribution is 2.39. The Morgan fingerprint density at radius 1 is 1.79 bits per heavy atom. The molecule has 0 spiro atoms. The SMILES string of the molecule is CC(CN)c1coc(C2CCCS2)n1. The van der Waals surface area contributed by atoms with E-state index in [2.05, 4.69) is 11.9 Å². The summed E-state index contributed by atoms with van der Waals surface area (Å²) in [5.41, 5.74) is 6.58. The summed E-state index contributed by atoms with van der Waals surface area (Å²) >= 11 is 1.94. The molecule has 0 aliphatic carbocycles. The van der Waals surface area contributed by atoms with Crippen LogP contribution >= 0.6 is 11.8 Å². The summed E-state index contributed by atoms with van der Waals surface area (Å²) in [6.07, 6.45) is 4.23. The van der Waals surface area contributed by atoms with Gasteiger partial charge in [0.25, 0.3) is 0 Å². The van der Waals surface area contributed by atoms with E-state index in [4.69, 9.17) is 10.2 Å². The van der Waals surface area contributed by atoms with Crippen molar-refractivity contribution < 1.29 is 4.42 Å². The quantitative estimate of drug-likeness (QED) is 0.835. The molecule has 1 aromatic heterocycles. The van der Waals surface area contributed by atoms with Crippen LogP contribution in [0.4, 0.5) is 0 Å². The van der Waals surface area contributed by atoms with Crippen molar-refractivity contribution in [1.29, 1.82) is 0 Å². The fraction of sp³-hybridized carbons (Fsp3) is 0.700. The Hall–Kier alpha value is -0.480. The van der Waals surface area contributed by atoms with Crippen LogP contribution in [0.3, 0.4) is 0 Å². The van der Waals surface area contributed by atoms with Crippen molar-refractivity contribution in [2.24, 2.45) is 5.73 Å². The van der Waals surface area contributed by atoms with Crippen molar-refractivity contribution in [2.75, 3.05) is 12.3 Å². The first-order chi connectivity index (χ1) is 6.81. The molecular formula is C10H16N2OS. The first kappa shape index (κ1) is 10.1. The molecule has 2 unspecified atom stereocenters. The fourth-order valence-corrected chi connectivity index (χ4v) is 2.77. The second-order valence-electron chi connectivity index (χ2n) is 3.75. The Kier molecular flexibility index (Phi) is 3.13. The monoisotopic (exact) mass is 212 g/mol. The van der Waals surface area contributed by atoms with Crippen LogP contribution in [0, 0.1) is 0 Å². The second kappa shape index (κ2) is 4.36. The van der Waals surface area contributed by atoms with Gasteiger partial charge < -0.3 is 10.2 Å². The molecule has 0 radical (unpaired) electrons. The standard InChI is InChI=1S/C10H16N2OS/c1-7(5-11)8-6-13-10(12-8)9-3-2-4-14-9/h6-7,9H,2-5,11H2,1H3. The van der Waals surface area contributed by atoms with E-state index in [-0.39, 0.29) is 0 Å². The third kappa shape index (κ3) is 1.96. The molecule has 0 bridgehead atoms. The Balaban J connectivity index is 2.08. The molecule has 14 heavy (non-hydrogen) atoms. The van der Waals surface area contributed by atoms with Gasteiger partial charge in [-0.15, -0.1) is 11.8 Å². The minimum absolute atomic E-state index is 0.305. The van der Waals surface area contributed by atoms with Crippen LogP contribution in [0.1, 0.15) is 42.5 Å². The molecule has 1 aliphatic heterocycles. The summed E-state index contributed by atoms with van der Waals surface area (Å²) in [5.74, 6) is 2.43. The molecule has 4 heteroatoms. The van der Waals surface area contributed by atoms with Crippen LogP contribution in [0.2, 0.25) is 0 Å². The van der Waals surface area contributed by atoms with Gasteiger partial charge in [0.2, 0.25) is 5.89 Å². The average Bonchev–Trinajstić information content (AvgIpc) is 2.86. The number of hydrogen-bond donors (Lipinski definition) is 1. The van der Waals surface area contributed by atoms with Crippen molar-refractivity contribution in [1.82, 2.24) is 4.98 Å². The summed E-state index contributed by atoms with van der Waals surface area (Å²) in [6, 6.07) is 0. The molecule has 2 atom stereocenters. The first-order valence-electron chi connectivity index (χ1n) is 5.08. The minimum atomic E-state index is 0.305. The lowest BCUT2D eigenvalue weighted by molar-refractivity contribution is 0.485. The van der Waals surface area contributed by atoms with E-state index in [0.29, 0.717) is 17.7 Å². The summed E-state index contributed by atoms with van der Waals surface area (Å²) in [6.45, 7) is 2.70. The van der Waals surface area contributed by atoms with Crippen LogP contribution in [-0.2, 0) is 0 Å². The number of rotatable bonds is 3. The molecule has 3 nitrogen and oxygen atoms in total. The van der Waals surface area contributed by atoms with Gasteiger partial charge in [-0.25, -0.2) is 4.98 Å². The zero-order valence-electron chi connectivity index (χ0n) is 8.40. The van der Waals surface area contributed by atoms with Crippen LogP contribution in [0.25, 0.3) is 0 Å². The molecule has 2 N–H and O–H groups in total. The summed E-state index contributed by atoms with van der Waals surface area (Å²) < 4.78 is 5.48. The summed E-state index contributed by atoms with van der Waals surface area (Å²) in [7, 11) is 0. The Morgan fingerprint density at radius 3 is 3.29 bits per heavy atom. The van der Waals surface area contributed by atoms with E-state index in [9.17, 15) is 0 Å². The van der Waals surface area contributed by atoms with Crippen LogP contribution in [-0.4, -0.2) is 17.3 Å². The zero-order chi connectivity index (χ0) is 9.97. The minimum Gasteiger partial charge on any atom is -0.447 e. The number of thioether (sulfide) groups is 1. The second-order valence-corrected chi connectivity index (χ2v) is 5.06. The Labute approximate surface area is 88.5 Å². The highest BCUT2D eigenvalue weighted by molar-refractivity contribution is 7.99. The lowest BCUT2D eigenvalue weighted by Gasteiger charge is -2.03. The third-order valence-electron chi connectivity index (χ3n) is 2.60. The molecule has 78 valence electrons. The van der Waals surface area contributed by atoms with Crippen molar-refractivity contribution in [3.05, 3.63) is 17.8 Å². The van der Waals surface area contributed by atoms with Gasteiger partial charge in [-0.2, -0.15) is 0 Å². The predicted molar refractivity (Wildman–Crippen MR) is 58.4 cm³/mol. The zero-order valence-corrected chi connectivity index (χ0v) is 9.22. The molecule has 1 fully saturated rings. The van der Waals surface area contributed by atoms with E-state index in [0.717, 1.165) is 11.6 Å². The number of oxazole rings is 1. The maximum Gasteiger partial charge on any atom is 0.207 e. The highest BCUT2D eigenvalue weighted by Gasteiger charge is 2.23.